The second kappa shape index (κ2) is 9.05. The third-order valence-corrected chi connectivity index (χ3v) is 3.53. The van der Waals surface area contributed by atoms with Gasteiger partial charge in [-0.2, -0.15) is 0 Å². The molecule has 0 aliphatic heterocycles. The fourth-order valence-electron chi connectivity index (χ4n) is 2.57. The molecule has 0 saturated carbocycles. The Balaban J connectivity index is 5.51. The van der Waals surface area contributed by atoms with E-state index in [0.717, 1.165) is 5.57 Å². The van der Waals surface area contributed by atoms with Gasteiger partial charge in [0, 0.05) is 23.4 Å². The van der Waals surface area contributed by atoms with Gasteiger partial charge in [-0.1, -0.05) is 33.3 Å². The van der Waals surface area contributed by atoms with Crippen molar-refractivity contribution in [2.45, 2.75) is 81.3 Å². The Morgan fingerprint density at radius 1 is 0.958 bits per heavy atom. The zero-order valence-electron chi connectivity index (χ0n) is 17.1. The number of Topliss-reactive ketones (excluding diaryl/α,β-unsaturated/α-hetero) is 1. The molecule has 0 rings (SSSR count). The lowest BCUT2D eigenvalue weighted by atomic mass is 9.83. The highest BCUT2D eigenvalue weighted by Gasteiger charge is 2.27. The number of carbonyl (C=O) groups excluding carboxylic acids is 2. The highest BCUT2D eigenvalue weighted by atomic mass is 16.6. The van der Waals surface area contributed by atoms with E-state index in [0.29, 0.717) is 5.76 Å². The zero-order chi connectivity index (χ0) is 19.2. The lowest BCUT2D eigenvalue weighted by Gasteiger charge is -2.30. The van der Waals surface area contributed by atoms with Crippen molar-refractivity contribution >= 4 is 11.9 Å². The van der Waals surface area contributed by atoms with E-state index in [4.69, 9.17) is 4.74 Å². The summed E-state index contributed by atoms with van der Waals surface area (Å²) in [7, 11) is 0. The van der Waals surface area contributed by atoms with Crippen LogP contribution >= 0.6 is 0 Å². The highest BCUT2D eigenvalue weighted by Crippen LogP contribution is 2.23. The molecule has 1 unspecified atom stereocenters. The van der Waals surface area contributed by atoms with Crippen LogP contribution in [0.25, 0.3) is 0 Å². The molecule has 4 nitrogen and oxygen atoms in total. The van der Waals surface area contributed by atoms with Gasteiger partial charge in [-0.15, -0.1) is 0 Å². The second-order valence-corrected chi connectivity index (χ2v) is 8.16. The van der Waals surface area contributed by atoms with Crippen LogP contribution in [0.15, 0.2) is 23.5 Å². The normalized spacial score (nSPS) is 13.8. The van der Waals surface area contributed by atoms with Crippen LogP contribution < -0.4 is 0 Å². The van der Waals surface area contributed by atoms with Gasteiger partial charge in [0.05, 0.1) is 0 Å². The molecule has 0 aliphatic rings. The first-order valence-electron chi connectivity index (χ1n) is 8.68. The quantitative estimate of drug-likeness (QED) is 0.485. The van der Waals surface area contributed by atoms with Gasteiger partial charge in [0.2, 0.25) is 0 Å². The maximum atomic E-state index is 12.5. The van der Waals surface area contributed by atoms with Gasteiger partial charge in [0.15, 0.2) is 0 Å². The summed E-state index contributed by atoms with van der Waals surface area (Å²) < 4.78 is 5.60. The Kier molecular flexibility index (Phi) is 8.45. The Hall–Kier alpha value is -1.58. The van der Waals surface area contributed by atoms with Crippen molar-refractivity contribution in [2.75, 3.05) is 0 Å². The summed E-state index contributed by atoms with van der Waals surface area (Å²) in [5, 5.41) is 0. The van der Waals surface area contributed by atoms with Gasteiger partial charge >= 0.3 is 6.09 Å². The van der Waals surface area contributed by atoms with Gasteiger partial charge in [-0.3, -0.25) is 4.79 Å². The van der Waals surface area contributed by atoms with E-state index in [9.17, 15) is 9.59 Å². The van der Waals surface area contributed by atoms with E-state index >= 15 is 0 Å². The number of rotatable bonds is 6. The number of ether oxygens (including phenoxy) is 1. The second-order valence-electron chi connectivity index (χ2n) is 8.16. The molecular formula is C20H35NO3. The molecular weight excluding hydrogens is 302 g/mol. The fourth-order valence-corrected chi connectivity index (χ4v) is 2.57. The average Bonchev–Trinajstić information content (AvgIpc) is 2.34. The molecule has 0 bridgehead atoms. The largest absolute Gasteiger partial charge is 0.415 e. The summed E-state index contributed by atoms with van der Waals surface area (Å²) in [6.45, 7) is 19.2. The SMILES string of the molecule is CC(C)=C/C(=C/C(C)C(=O)C(C)(C)C)OC(=O)N(C(C)C)C(C)C. The van der Waals surface area contributed by atoms with Crippen LogP contribution in [0.2, 0.25) is 0 Å². The summed E-state index contributed by atoms with van der Waals surface area (Å²) in [5.74, 6) is 0.217. The monoisotopic (exact) mass is 337 g/mol. The number of hydrogen-bond donors (Lipinski definition) is 0. The number of hydrogen-bond acceptors (Lipinski definition) is 3. The molecule has 0 aromatic rings. The standard InChI is InChI=1S/C20H35NO3/c1-13(2)11-17(12-16(7)18(22)20(8,9)10)24-19(23)21(14(3)4)15(5)6/h11-12,14-16H,1-10H3/b17-12-. The molecule has 0 spiro atoms. The van der Waals surface area contributed by atoms with Crippen molar-refractivity contribution < 1.29 is 14.3 Å². The van der Waals surface area contributed by atoms with Crippen molar-refractivity contribution in [1.82, 2.24) is 4.90 Å². The number of ketones is 1. The van der Waals surface area contributed by atoms with Crippen molar-refractivity contribution in [3.05, 3.63) is 23.5 Å². The van der Waals surface area contributed by atoms with E-state index in [1.165, 1.54) is 0 Å². The van der Waals surface area contributed by atoms with Crippen LogP contribution in [-0.2, 0) is 9.53 Å². The van der Waals surface area contributed by atoms with Gasteiger partial charge < -0.3 is 9.64 Å². The highest BCUT2D eigenvalue weighted by molar-refractivity contribution is 5.87. The molecule has 0 aromatic carbocycles. The minimum Gasteiger partial charge on any atom is -0.411 e. The van der Waals surface area contributed by atoms with Crippen LogP contribution in [0, 0.1) is 11.3 Å². The van der Waals surface area contributed by atoms with Gasteiger partial charge in [0.1, 0.15) is 11.5 Å². The Bertz CT molecular complexity index is 495. The predicted molar refractivity (Wildman–Crippen MR) is 99.7 cm³/mol. The molecule has 0 N–H and O–H groups in total. The molecule has 0 saturated heterocycles. The van der Waals surface area contributed by atoms with Crippen LogP contribution in [0.4, 0.5) is 4.79 Å². The molecule has 0 heterocycles. The van der Waals surface area contributed by atoms with Crippen LogP contribution in [0.3, 0.4) is 0 Å². The van der Waals surface area contributed by atoms with Gasteiger partial charge in [-0.05, 0) is 53.7 Å². The van der Waals surface area contributed by atoms with E-state index < -0.39 is 5.41 Å². The van der Waals surface area contributed by atoms with Crippen molar-refractivity contribution in [3.63, 3.8) is 0 Å². The zero-order valence-corrected chi connectivity index (χ0v) is 17.1. The van der Waals surface area contributed by atoms with Crippen molar-refractivity contribution in [2.24, 2.45) is 11.3 Å². The number of amides is 1. The van der Waals surface area contributed by atoms with E-state index in [-0.39, 0.29) is 29.9 Å². The van der Waals surface area contributed by atoms with E-state index in [1.54, 1.807) is 17.1 Å². The Morgan fingerprint density at radius 2 is 1.42 bits per heavy atom. The Labute approximate surface area is 147 Å². The number of allylic oxidation sites excluding steroid dienone is 3. The first kappa shape index (κ1) is 22.4. The predicted octanol–water partition coefficient (Wildman–Crippen LogP) is 5.34. The smallest absolute Gasteiger partial charge is 0.411 e. The molecule has 0 fully saturated rings. The molecule has 1 amide bonds. The number of carbonyl (C=O) groups is 2. The number of nitrogens with zero attached hydrogens (tertiary/aromatic N) is 1. The van der Waals surface area contributed by atoms with E-state index in [1.807, 2.05) is 69.2 Å². The van der Waals surface area contributed by atoms with Crippen LogP contribution in [-0.4, -0.2) is 28.9 Å². The molecule has 24 heavy (non-hydrogen) atoms. The lowest BCUT2D eigenvalue weighted by Crippen LogP contribution is -2.42. The Morgan fingerprint density at radius 3 is 1.75 bits per heavy atom. The minimum absolute atomic E-state index is 0.0408. The molecule has 1 atom stereocenters. The maximum absolute atomic E-state index is 12.5. The van der Waals surface area contributed by atoms with Gasteiger partial charge in [-0.25, -0.2) is 4.79 Å². The first-order valence-corrected chi connectivity index (χ1v) is 8.68. The summed E-state index contributed by atoms with van der Waals surface area (Å²) in [4.78, 5) is 26.6. The van der Waals surface area contributed by atoms with Crippen molar-refractivity contribution in [3.8, 4) is 0 Å². The molecule has 0 aromatic heterocycles. The van der Waals surface area contributed by atoms with Crippen molar-refractivity contribution in [1.29, 1.82) is 0 Å². The summed E-state index contributed by atoms with van der Waals surface area (Å²) in [5.41, 5.74) is 0.572. The molecule has 138 valence electrons. The summed E-state index contributed by atoms with van der Waals surface area (Å²) in [6.07, 6.45) is 3.14. The average molecular weight is 338 g/mol. The fraction of sp³-hybridized carbons (Fsp3) is 0.700. The third kappa shape index (κ3) is 7.33. The summed E-state index contributed by atoms with van der Waals surface area (Å²) >= 11 is 0. The molecule has 0 radical (unpaired) electrons. The van der Waals surface area contributed by atoms with E-state index in [2.05, 4.69) is 0 Å². The molecule has 4 heteroatoms. The van der Waals surface area contributed by atoms with Crippen LogP contribution in [0.1, 0.15) is 69.2 Å². The maximum Gasteiger partial charge on any atom is 0.415 e. The summed E-state index contributed by atoms with van der Waals surface area (Å²) in [6, 6.07) is 0.0816. The minimum atomic E-state index is -0.433. The third-order valence-electron chi connectivity index (χ3n) is 3.53. The van der Waals surface area contributed by atoms with Crippen LogP contribution in [0.5, 0.6) is 0 Å². The molecule has 0 aliphatic carbocycles. The lowest BCUT2D eigenvalue weighted by molar-refractivity contribution is -0.128. The topological polar surface area (TPSA) is 46.6 Å². The van der Waals surface area contributed by atoms with Gasteiger partial charge in [0.25, 0.3) is 0 Å². The first-order chi connectivity index (χ1) is 10.8.